The van der Waals surface area contributed by atoms with Crippen molar-refractivity contribution in [3.05, 3.63) is 35.6 Å². The predicted octanol–water partition coefficient (Wildman–Crippen LogP) is 2.81. The van der Waals surface area contributed by atoms with Crippen molar-refractivity contribution in [2.45, 2.75) is 12.8 Å². The van der Waals surface area contributed by atoms with Crippen LogP contribution in [0.4, 0.5) is 4.39 Å². The molecule has 1 rings (SSSR count). The van der Waals surface area contributed by atoms with Crippen LogP contribution in [0.1, 0.15) is 12.0 Å². The van der Waals surface area contributed by atoms with Gasteiger partial charge in [-0.05, 0) is 24.1 Å². The lowest BCUT2D eigenvalue weighted by Crippen LogP contribution is -2.08. The van der Waals surface area contributed by atoms with Gasteiger partial charge in [0.05, 0.1) is 0 Å². The van der Waals surface area contributed by atoms with Gasteiger partial charge in [-0.2, -0.15) is 0 Å². The summed E-state index contributed by atoms with van der Waals surface area (Å²) in [6.45, 7) is 0. The highest BCUT2D eigenvalue weighted by Gasteiger charge is 2.24. The number of carbonyl (C=O) groups excluding carboxylic acids is 1. The van der Waals surface area contributed by atoms with Gasteiger partial charge < -0.3 is 9.05 Å². The zero-order chi connectivity index (χ0) is 13.6. The minimum atomic E-state index is -3.29. The van der Waals surface area contributed by atoms with Gasteiger partial charge in [-0.15, -0.1) is 0 Å². The van der Waals surface area contributed by atoms with Crippen molar-refractivity contribution in [3.63, 3.8) is 0 Å². The number of Topliss-reactive ketones (excluding diaryl/α,β-unsaturated/α-hetero) is 1. The maximum atomic E-state index is 12.9. The first-order valence-corrected chi connectivity index (χ1v) is 7.18. The van der Waals surface area contributed by atoms with E-state index in [4.69, 9.17) is 0 Å². The lowest BCUT2D eigenvalue weighted by molar-refractivity contribution is -0.116. The Bertz CT molecular complexity index is 453. The molecule has 100 valence electrons. The first-order chi connectivity index (χ1) is 8.49. The fraction of sp³-hybridized carbons (Fsp3) is 0.417. The number of hydrogen-bond acceptors (Lipinski definition) is 4. The Labute approximate surface area is 106 Å². The van der Waals surface area contributed by atoms with Crippen molar-refractivity contribution >= 4 is 13.4 Å². The van der Waals surface area contributed by atoms with Crippen LogP contribution < -0.4 is 0 Å². The van der Waals surface area contributed by atoms with E-state index in [9.17, 15) is 13.8 Å². The molecule has 0 fully saturated rings. The van der Waals surface area contributed by atoms with Crippen molar-refractivity contribution in [3.8, 4) is 0 Å². The summed E-state index contributed by atoms with van der Waals surface area (Å²) in [7, 11) is -0.811. The monoisotopic (exact) mass is 274 g/mol. The van der Waals surface area contributed by atoms with Crippen LogP contribution in [0.25, 0.3) is 0 Å². The molecule has 0 radical (unpaired) electrons. The van der Waals surface area contributed by atoms with Gasteiger partial charge in [-0.3, -0.25) is 9.36 Å². The Morgan fingerprint density at radius 2 is 2.00 bits per heavy atom. The third-order valence-corrected chi connectivity index (χ3v) is 4.36. The van der Waals surface area contributed by atoms with Gasteiger partial charge in [0.15, 0.2) is 0 Å². The van der Waals surface area contributed by atoms with Crippen molar-refractivity contribution in [2.24, 2.45) is 0 Å². The zero-order valence-electron chi connectivity index (χ0n) is 10.4. The Morgan fingerprint density at radius 1 is 1.33 bits per heavy atom. The van der Waals surface area contributed by atoms with Crippen LogP contribution >= 0.6 is 7.60 Å². The van der Waals surface area contributed by atoms with Crippen molar-refractivity contribution in [2.75, 3.05) is 20.4 Å². The maximum absolute atomic E-state index is 12.9. The summed E-state index contributed by atoms with van der Waals surface area (Å²) in [5.41, 5.74) is 0.730. The van der Waals surface area contributed by atoms with E-state index >= 15 is 0 Å². The van der Waals surface area contributed by atoms with Gasteiger partial charge in [-0.1, -0.05) is 12.1 Å². The lowest BCUT2D eigenvalue weighted by Gasteiger charge is -2.12. The highest BCUT2D eigenvalue weighted by molar-refractivity contribution is 7.54. The second kappa shape index (κ2) is 6.78. The number of benzene rings is 1. The van der Waals surface area contributed by atoms with Crippen LogP contribution in [-0.4, -0.2) is 26.2 Å². The van der Waals surface area contributed by atoms with Crippen LogP contribution in [0.3, 0.4) is 0 Å². The van der Waals surface area contributed by atoms with Crippen molar-refractivity contribution in [1.82, 2.24) is 0 Å². The molecule has 0 aromatic heterocycles. The molecule has 0 aliphatic carbocycles. The van der Waals surface area contributed by atoms with Gasteiger partial charge >= 0.3 is 7.60 Å². The summed E-state index contributed by atoms with van der Waals surface area (Å²) in [5, 5.41) is 0. The first kappa shape index (κ1) is 15.0. The summed E-state index contributed by atoms with van der Waals surface area (Å²) < 4.78 is 34.0. The molecule has 0 saturated carbocycles. The Morgan fingerprint density at radius 3 is 2.56 bits per heavy atom. The van der Waals surface area contributed by atoms with Crippen LogP contribution in [0.5, 0.6) is 0 Å². The molecule has 0 aliphatic rings. The third-order valence-electron chi connectivity index (χ3n) is 2.51. The third kappa shape index (κ3) is 4.69. The summed E-state index contributed by atoms with van der Waals surface area (Å²) >= 11 is 0. The molecule has 4 nitrogen and oxygen atoms in total. The van der Waals surface area contributed by atoms with E-state index < -0.39 is 7.60 Å². The summed E-state index contributed by atoms with van der Waals surface area (Å²) in [6.07, 6.45) is 0.333. The minimum Gasteiger partial charge on any atom is -0.312 e. The SMILES string of the molecule is COP(=O)(CC(=O)CCc1cccc(F)c1)OC. The first-order valence-electron chi connectivity index (χ1n) is 5.46. The highest BCUT2D eigenvalue weighted by Crippen LogP contribution is 2.46. The highest BCUT2D eigenvalue weighted by atomic mass is 31.2. The van der Waals surface area contributed by atoms with Gasteiger partial charge in [0.1, 0.15) is 17.8 Å². The Hall–Kier alpha value is -1.03. The molecule has 0 aliphatic heterocycles. The maximum Gasteiger partial charge on any atom is 0.337 e. The number of halogens is 1. The number of carbonyl (C=O) groups is 1. The van der Waals surface area contributed by atoms with E-state index in [0.29, 0.717) is 6.42 Å². The standard InChI is InChI=1S/C12H16FO4P/c1-16-18(15,17-2)9-12(14)7-6-10-4-3-5-11(13)8-10/h3-5,8H,6-7,9H2,1-2H3. The lowest BCUT2D eigenvalue weighted by atomic mass is 10.1. The van der Waals surface area contributed by atoms with Gasteiger partial charge in [-0.25, -0.2) is 4.39 Å². The normalized spacial score (nSPS) is 11.5. The molecule has 6 heteroatoms. The van der Waals surface area contributed by atoms with Crippen LogP contribution in [0.2, 0.25) is 0 Å². The molecular formula is C12H16FO4P. The van der Waals surface area contributed by atoms with E-state index in [1.54, 1.807) is 12.1 Å². The van der Waals surface area contributed by atoms with Crippen LogP contribution in [0.15, 0.2) is 24.3 Å². The molecule has 0 saturated heterocycles. The topological polar surface area (TPSA) is 52.6 Å². The minimum absolute atomic E-state index is 0.181. The number of ketones is 1. The van der Waals surface area contributed by atoms with Gasteiger partial charge in [0.2, 0.25) is 0 Å². The predicted molar refractivity (Wildman–Crippen MR) is 66.2 cm³/mol. The average Bonchev–Trinajstić information content (AvgIpc) is 2.36. The Kier molecular flexibility index (Phi) is 5.66. The van der Waals surface area contributed by atoms with E-state index in [1.807, 2.05) is 0 Å². The molecule has 0 spiro atoms. The Balaban J connectivity index is 2.49. The summed E-state index contributed by atoms with van der Waals surface area (Å²) in [5.74, 6) is -0.564. The molecule has 0 amide bonds. The molecule has 0 atom stereocenters. The van der Waals surface area contributed by atoms with Crippen LogP contribution in [0, 0.1) is 5.82 Å². The van der Waals surface area contributed by atoms with E-state index in [1.165, 1.54) is 26.4 Å². The molecule has 1 aromatic rings. The fourth-order valence-corrected chi connectivity index (χ4v) is 2.47. The molecule has 0 unspecified atom stereocenters. The van der Waals surface area contributed by atoms with E-state index in [2.05, 4.69) is 9.05 Å². The zero-order valence-corrected chi connectivity index (χ0v) is 11.3. The molecule has 1 aromatic carbocycles. The quantitative estimate of drug-likeness (QED) is 0.717. The molecule has 0 N–H and O–H groups in total. The summed E-state index contributed by atoms with van der Waals surface area (Å²) in [6, 6.07) is 6.04. The molecule has 0 bridgehead atoms. The van der Waals surface area contributed by atoms with E-state index in [-0.39, 0.29) is 24.2 Å². The largest absolute Gasteiger partial charge is 0.337 e. The second-order valence-electron chi connectivity index (χ2n) is 3.80. The second-order valence-corrected chi connectivity index (χ2v) is 6.07. The van der Waals surface area contributed by atoms with Crippen molar-refractivity contribution < 1.29 is 22.8 Å². The number of aryl methyl sites for hydroxylation is 1. The number of hydrogen-bond donors (Lipinski definition) is 0. The van der Waals surface area contributed by atoms with E-state index in [0.717, 1.165) is 5.56 Å². The molecule has 18 heavy (non-hydrogen) atoms. The van der Waals surface area contributed by atoms with Gasteiger partial charge in [0, 0.05) is 20.6 Å². The average molecular weight is 274 g/mol. The van der Waals surface area contributed by atoms with Gasteiger partial charge in [0.25, 0.3) is 0 Å². The van der Waals surface area contributed by atoms with Crippen molar-refractivity contribution in [1.29, 1.82) is 0 Å². The molecule has 0 heterocycles. The number of rotatable bonds is 7. The fourth-order valence-electron chi connectivity index (χ4n) is 1.47. The molecular weight excluding hydrogens is 258 g/mol. The summed E-state index contributed by atoms with van der Waals surface area (Å²) in [4.78, 5) is 11.6. The smallest absolute Gasteiger partial charge is 0.312 e. The van der Waals surface area contributed by atoms with Crippen LogP contribution in [-0.2, 0) is 24.8 Å².